The lowest BCUT2D eigenvalue weighted by Crippen LogP contribution is -2.18. The average molecular weight is 211 g/mol. The van der Waals surface area contributed by atoms with Crippen LogP contribution in [0.15, 0.2) is 24.3 Å². The van der Waals surface area contributed by atoms with E-state index in [1.807, 2.05) is 0 Å². The van der Waals surface area contributed by atoms with Crippen LogP contribution >= 0.6 is 0 Å². The number of nitrogens with zero attached hydrogens (tertiary/aromatic N) is 1. The van der Waals surface area contributed by atoms with E-state index in [1.165, 1.54) is 12.1 Å². The fourth-order valence-corrected chi connectivity index (χ4v) is 1.08. The van der Waals surface area contributed by atoms with Crippen LogP contribution in [0.25, 0.3) is 0 Å². The Morgan fingerprint density at radius 1 is 1.40 bits per heavy atom. The molecule has 0 aliphatic heterocycles. The average Bonchev–Trinajstić information content (AvgIpc) is 2.16. The zero-order valence-electron chi connectivity index (χ0n) is 7.58. The van der Waals surface area contributed by atoms with Gasteiger partial charge in [0.1, 0.15) is 6.42 Å². The molecule has 1 aromatic rings. The van der Waals surface area contributed by atoms with Crippen LogP contribution in [0.4, 0.5) is 8.78 Å². The second-order valence-electron chi connectivity index (χ2n) is 2.96. The molecule has 0 saturated carbocycles. The van der Waals surface area contributed by atoms with E-state index in [4.69, 9.17) is 10.4 Å². The van der Waals surface area contributed by atoms with Crippen LogP contribution in [0.2, 0.25) is 0 Å². The molecule has 0 heterocycles. The Hall–Kier alpha value is -1.96. The van der Waals surface area contributed by atoms with Crippen molar-refractivity contribution in [3.8, 4) is 6.07 Å². The van der Waals surface area contributed by atoms with Gasteiger partial charge in [0.2, 0.25) is 0 Å². The standard InChI is InChI=1S/C10H7F2NO2/c11-10(12,5-9(14)15)8-3-1-7(6-13)2-4-8/h1-4H,5H2,(H,14,15). The Morgan fingerprint density at radius 3 is 2.33 bits per heavy atom. The molecular weight excluding hydrogens is 204 g/mol. The van der Waals surface area contributed by atoms with Crippen molar-refractivity contribution in [2.24, 2.45) is 0 Å². The molecule has 0 atom stereocenters. The summed E-state index contributed by atoms with van der Waals surface area (Å²) in [5.74, 6) is -4.97. The van der Waals surface area contributed by atoms with Gasteiger partial charge in [-0.05, 0) is 12.1 Å². The number of alkyl halides is 2. The van der Waals surface area contributed by atoms with Crippen molar-refractivity contribution in [1.82, 2.24) is 0 Å². The van der Waals surface area contributed by atoms with Gasteiger partial charge in [-0.3, -0.25) is 4.79 Å². The van der Waals surface area contributed by atoms with E-state index in [2.05, 4.69) is 0 Å². The maximum atomic E-state index is 13.2. The summed E-state index contributed by atoms with van der Waals surface area (Å²) >= 11 is 0. The van der Waals surface area contributed by atoms with Crippen molar-refractivity contribution in [3.63, 3.8) is 0 Å². The number of hydrogen-bond acceptors (Lipinski definition) is 2. The summed E-state index contributed by atoms with van der Waals surface area (Å²) in [5.41, 5.74) is -0.145. The number of halogens is 2. The van der Waals surface area contributed by atoms with E-state index in [0.29, 0.717) is 0 Å². The van der Waals surface area contributed by atoms with Crippen molar-refractivity contribution in [3.05, 3.63) is 35.4 Å². The first-order valence-corrected chi connectivity index (χ1v) is 4.06. The fraction of sp³-hybridized carbons (Fsp3) is 0.200. The number of aliphatic carboxylic acids is 1. The molecule has 0 aliphatic rings. The first-order valence-electron chi connectivity index (χ1n) is 4.06. The molecule has 0 bridgehead atoms. The Balaban J connectivity index is 2.95. The smallest absolute Gasteiger partial charge is 0.309 e. The van der Waals surface area contributed by atoms with Gasteiger partial charge in [-0.15, -0.1) is 0 Å². The molecule has 0 aromatic heterocycles. The summed E-state index contributed by atoms with van der Waals surface area (Å²) in [6.07, 6.45) is -1.25. The number of carboxylic acids is 1. The van der Waals surface area contributed by atoms with Crippen LogP contribution in [0.5, 0.6) is 0 Å². The second kappa shape index (κ2) is 4.05. The molecule has 3 nitrogen and oxygen atoms in total. The van der Waals surface area contributed by atoms with E-state index in [1.54, 1.807) is 6.07 Å². The van der Waals surface area contributed by atoms with Crippen LogP contribution in [0.1, 0.15) is 17.5 Å². The minimum atomic E-state index is -3.40. The van der Waals surface area contributed by atoms with Crippen molar-refractivity contribution in [1.29, 1.82) is 5.26 Å². The molecule has 5 heteroatoms. The highest BCUT2D eigenvalue weighted by Crippen LogP contribution is 2.31. The van der Waals surface area contributed by atoms with Crippen LogP contribution in [-0.4, -0.2) is 11.1 Å². The van der Waals surface area contributed by atoms with Crippen molar-refractivity contribution in [2.45, 2.75) is 12.3 Å². The number of nitriles is 1. The SMILES string of the molecule is N#Cc1ccc(C(F)(F)CC(=O)O)cc1. The molecule has 78 valence electrons. The van der Waals surface area contributed by atoms with Gasteiger partial charge in [0, 0.05) is 5.56 Å². The predicted molar refractivity (Wildman–Crippen MR) is 47.3 cm³/mol. The first-order chi connectivity index (χ1) is 6.95. The van der Waals surface area contributed by atoms with Gasteiger partial charge < -0.3 is 5.11 Å². The summed E-state index contributed by atoms with van der Waals surface area (Å²) in [6, 6.07) is 6.35. The van der Waals surface area contributed by atoms with Crippen LogP contribution < -0.4 is 0 Å². The third-order valence-electron chi connectivity index (χ3n) is 1.81. The Morgan fingerprint density at radius 2 is 1.93 bits per heavy atom. The van der Waals surface area contributed by atoms with E-state index in [0.717, 1.165) is 12.1 Å². The number of rotatable bonds is 3. The molecule has 1 rings (SSSR count). The summed E-state index contributed by atoms with van der Waals surface area (Å²) < 4.78 is 26.4. The first kappa shape index (κ1) is 11.1. The highest BCUT2D eigenvalue weighted by atomic mass is 19.3. The molecule has 0 saturated heterocycles. The normalized spacial score (nSPS) is 10.7. The molecule has 0 amide bonds. The minimum absolute atomic E-state index is 0.255. The summed E-state index contributed by atoms with van der Waals surface area (Å²) in [4.78, 5) is 10.2. The molecular formula is C10H7F2NO2. The highest BCUT2D eigenvalue weighted by molar-refractivity contribution is 5.68. The van der Waals surface area contributed by atoms with E-state index < -0.39 is 23.9 Å². The summed E-state index contributed by atoms with van der Waals surface area (Å²) in [7, 11) is 0. The lowest BCUT2D eigenvalue weighted by atomic mass is 10.0. The zero-order valence-corrected chi connectivity index (χ0v) is 7.58. The highest BCUT2D eigenvalue weighted by Gasteiger charge is 2.34. The number of benzene rings is 1. The Kier molecular flexibility index (Phi) is 3.00. The van der Waals surface area contributed by atoms with Crippen molar-refractivity contribution >= 4 is 5.97 Å². The fourth-order valence-electron chi connectivity index (χ4n) is 1.08. The van der Waals surface area contributed by atoms with Crippen molar-refractivity contribution < 1.29 is 18.7 Å². The largest absolute Gasteiger partial charge is 0.481 e. The molecule has 0 unspecified atom stereocenters. The third kappa shape index (κ3) is 2.74. The molecule has 15 heavy (non-hydrogen) atoms. The molecule has 0 spiro atoms. The maximum absolute atomic E-state index is 13.2. The summed E-state index contributed by atoms with van der Waals surface area (Å²) in [6.45, 7) is 0. The van der Waals surface area contributed by atoms with Gasteiger partial charge in [-0.1, -0.05) is 12.1 Å². The van der Waals surface area contributed by atoms with Gasteiger partial charge in [0.05, 0.1) is 11.6 Å². The third-order valence-corrected chi connectivity index (χ3v) is 1.81. The van der Waals surface area contributed by atoms with Crippen LogP contribution in [0.3, 0.4) is 0 Å². The quantitative estimate of drug-likeness (QED) is 0.832. The molecule has 0 fully saturated rings. The van der Waals surface area contributed by atoms with Crippen molar-refractivity contribution in [2.75, 3.05) is 0 Å². The molecule has 0 aliphatic carbocycles. The Bertz CT molecular complexity index is 406. The van der Waals surface area contributed by atoms with Gasteiger partial charge in [-0.25, -0.2) is 8.78 Å². The van der Waals surface area contributed by atoms with Gasteiger partial charge >= 0.3 is 5.97 Å². The van der Waals surface area contributed by atoms with Gasteiger partial charge in [-0.2, -0.15) is 5.26 Å². The molecule has 0 radical (unpaired) electrons. The van der Waals surface area contributed by atoms with E-state index in [9.17, 15) is 13.6 Å². The van der Waals surface area contributed by atoms with Gasteiger partial charge in [0.25, 0.3) is 5.92 Å². The molecule has 1 N–H and O–H groups in total. The topological polar surface area (TPSA) is 61.1 Å². The Labute approximate surface area is 84.6 Å². The van der Waals surface area contributed by atoms with Gasteiger partial charge in [0.15, 0.2) is 0 Å². The maximum Gasteiger partial charge on any atom is 0.309 e. The molecule has 1 aromatic carbocycles. The number of carboxylic acid groups (broad SMARTS) is 1. The predicted octanol–water partition coefficient (Wildman–Crippen LogP) is 2.12. The minimum Gasteiger partial charge on any atom is -0.481 e. The van der Waals surface area contributed by atoms with E-state index in [-0.39, 0.29) is 5.56 Å². The number of hydrogen-bond donors (Lipinski definition) is 1. The second-order valence-corrected chi connectivity index (χ2v) is 2.96. The van der Waals surface area contributed by atoms with Crippen LogP contribution in [-0.2, 0) is 10.7 Å². The lowest BCUT2D eigenvalue weighted by molar-refractivity contribution is -0.145. The lowest BCUT2D eigenvalue weighted by Gasteiger charge is -2.13. The summed E-state index contributed by atoms with van der Waals surface area (Å²) in [5, 5.41) is 16.7. The zero-order chi connectivity index (χ0) is 11.5. The van der Waals surface area contributed by atoms with E-state index >= 15 is 0 Å². The number of carbonyl (C=O) groups is 1. The monoisotopic (exact) mass is 211 g/mol. The van der Waals surface area contributed by atoms with Crippen LogP contribution in [0, 0.1) is 11.3 Å².